The number of hydrogen-bond acceptors (Lipinski definition) is 3. The Labute approximate surface area is 127 Å². The molecule has 110 valence electrons. The highest BCUT2D eigenvalue weighted by Gasteiger charge is 2.33. The molecule has 1 nitrogen and oxygen atoms in total. The standard InChI is InChI=1S/C16H28OS2/c1-14(2)6-4-7-15(3)8-9-16(10-11-17)18-12-5-13-19-16/h6,11,15H,4-5,7-10,12-13H2,1-3H3. The molecule has 0 aromatic heterocycles. The molecule has 1 heterocycles. The van der Waals surface area contributed by atoms with E-state index in [1.54, 1.807) is 0 Å². The molecular weight excluding hydrogens is 272 g/mol. The van der Waals surface area contributed by atoms with E-state index in [2.05, 4.69) is 26.8 Å². The molecule has 0 radical (unpaired) electrons. The molecule has 1 rings (SSSR count). The Morgan fingerprint density at radius 3 is 2.53 bits per heavy atom. The van der Waals surface area contributed by atoms with Crippen LogP contribution in [0.3, 0.4) is 0 Å². The summed E-state index contributed by atoms with van der Waals surface area (Å²) < 4.78 is 0.199. The largest absolute Gasteiger partial charge is 0.303 e. The van der Waals surface area contributed by atoms with E-state index in [-0.39, 0.29) is 4.08 Å². The molecule has 0 amide bonds. The second-order valence-corrected chi connectivity index (χ2v) is 9.05. The lowest BCUT2D eigenvalue weighted by atomic mass is 9.97. The third-order valence-electron chi connectivity index (χ3n) is 3.64. The van der Waals surface area contributed by atoms with E-state index in [4.69, 9.17) is 0 Å². The van der Waals surface area contributed by atoms with Crippen LogP contribution in [-0.2, 0) is 4.79 Å². The van der Waals surface area contributed by atoms with Crippen molar-refractivity contribution in [2.45, 2.75) is 63.4 Å². The molecule has 19 heavy (non-hydrogen) atoms. The van der Waals surface area contributed by atoms with Gasteiger partial charge in [0.25, 0.3) is 0 Å². The van der Waals surface area contributed by atoms with Crippen molar-refractivity contribution in [3.63, 3.8) is 0 Å². The average molecular weight is 301 g/mol. The molecule has 0 aromatic carbocycles. The first kappa shape index (κ1) is 17.2. The summed E-state index contributed by atoms with van der Waals surface area (Å²) in [6.07, 6.45) is 10.4. The van der Waals surface area contributed by atoms with Crippen LogP contribution in [0.2, 0.25) is 0 Å². The number of carbonyl (C=O) groups excluding carboxylic acids is 1. The number of thioether (sulfide) groups is 2. The topological polar surface area (TPSA) is 17.1 Å². The Morgan fingerprint density at radius 2 is 1.95 bits per heavy atom. The number of hydrogen-bond donors (Lipinski definition) is 0. The maximum absolute atomic E-state index is 10.9. The van der Waals surface area contributed by atoms with Crippen molar-refractivity contribution in [2.24, 2.45) is 5.92 Å². The van der Waals surface area contributed by atoms with Gasteiger partial charge in [0.1, 0.15) is 6.29 Å². The molecule has 1 fully saturated rings. The minimum absolute atomic E-state index is 0.199. The van der Waals surface area contributed by atoms with Gasteiger partial charge in [0.05, 0.1) is 4.08 Å². The molecule has 0 saturated carbocycles. The van der Waals surface area contributed by atoms with E-state index in [9.17, 15) is 4.79 Å². The summed E-state index contributed by atoms with van der Waals surface area (Å²) in [5.41, 5.74) is 1.42. The smallest absolute Gasteiger partial charge is 0.122 e. The number of carbonyl (C=O) groups is 1. The molecule has 0 bridgehead atoms. The van der Waals surface area contributed by atoms with E-state index < -0.39 is 0 Å². The molecule has 0 N–H and O–H groups in total. The molecule has 1 saturated heterocycles. The normalized spacial score (nSPS) is 19.7. The average Bonchev–Trinajstić information content (AvgIpc) is 2.38. The summed E-state index contributed by atoms with van der Waals surface area (Å²) in [5, 5.41) is 0. The second-order valence-electron chi connectivity index (χ2n) is 5.83. The van der Waals surface area contributed by atoms with Crippen LogP contribution in [0.5, 0.6) is 0 Å². The van der Waals surface area contributed by atoms with E-state index in [0.29, 0.717) is 0 Å². The van der Waals surface area contributed by atoms with Gasteiger partial charge in [0, 0.05) is 6.42 Å². The lowest BCUT2D eigenvalue weighted by Crippen LogP contribution is -2.26. The van der Waals surface area contributed by atoms with Gasteiger partial charge in [0.2, 0.25) is 0 Å². The highest BCUT2D eigenvalue weighted by Crippen LogP contribution is 2.48. The van der Waals surface area contributed by atoms with E-state index >= 15 is 0 Å². The van der Waals surface area contributed by atoms with Crippen molar-refractivity contribution < 1.29 is 4.79 Å². The molecule has 1 unspecified atom stereocenters. The number of aldehydes is 1. The van der Waals surface area contributed by atoms with Gasteiger partial charge in [-0.1, -0.05) is 18.6 Å². The maximum atomic E-state index is 10.9. The number of allylic oxidation sites excluding steroid dienone is 2. The third kappa shape index (κ3) is 6.89. The molecule has 1 atom stereocenters. The van der Waals surface area contributed by atoms with Crippen molar-refractivity contribution in [1.29, 1.82) is 0 Å². The van der Waals surface area contributed by atoms with Crippen LogP contribution in [0, 0.1) is 5.92 Å². The summed E-state index contributed by atoms with van der Waals surface area (Å²) in [6, 6.07) is 0. The minimum atomic E-state index is 0.199. The SMILES string of the molecule is CC(C)=CCCC(C)CCC1(CC=O)SCCCS1. The highest BCUT2D eigenvalue weighted by atomic mass is 32.2. The predicted octanol–water partition coefficient (Wildman–Crippen LogP) is 5.30. The van der Waals surface area contributed by atoms with Crippen LogP contribution in [0.1, 0.15) is 59.3 Å². The second kappa shape index (κ2) is 9.12. The lowest BCUT2D eigenvalue weighted by Gasteiger charge is -2.35. The Morgan fingerprint density at radius 1 is 1.26 bits per heavy atom. The molecule has 1 aliphatic heterocycles. The van der Waals surface area contributed by atoms with Gasteiger partial charge in [0.15, 0.2) is 0 Å². The van der Waals surface area contributed by atoms with Crippen LogP contribution in [-0.4, -0.2) is 21.9 Å². The lowest BCUT2D eigenvalue weighted by molar-refractivity contribution is -0.108. The Hall–Kier alpha value is 0.110. The van der Waals surface area contributed by atoms with Gasteiger partial charge in [-0.2, -0.15) is 0 Å². The van der Waals surface area contributed by atoms with Crippen molar-refractivity contribution in [3.05, 3.63) is 11.6 Å². The monoisotopic (exact) mass is 300 g/mol. The van der Waals surface area contributed by atoms with Crippen LogP contribution in [0.4, 0.5) is 0 Å². The molecule has 0 aromatic rings. The summed E-state index contributed by atoms with van der Waals surface area (Å²) >= 11 is 4.05. The van der Waals surface area contributed by atoms with Gasteiger partial charge >= 0.3 is 0 Å². The van der Waals surface area contributed by atoms with Crippen LogP contribution in [0.25, 0.3) is 0 Å². The van der Waals surface area contributed by atoms with Crippen LogP contribution in [0.15, 0.2) is 11.6 Å². The van der Waals surface area contributed by atoms with Crippen LogP contribution >= 0.6 is 23.5 Å². The maximum Gasteiger partial charge on any atom is 0.122 e. The van der Waals surface area contributed by atoms with Gasteiger partial charge < -0.3 is 4.79 Å². The zero-order chi connectivity index (χ0) is 14.1. The van der Waals surface area contributed by atoms with E-state index in [0.717, 1.165) is 18.6 Å². The summed E-state index contributed by atoms with van der Waals surface area (Å²) in [7, 11) is 0. The van der Waals surface area contributed by atoms with E-state index in [1.807, 2.05) is 23.5 Å². The van der Waals surface area contributed by atoms with E-state index in [1.165, 1.54) is 49.2 Å². The fraction of sp³-hybridized carbons (Fsp3) is 0.812. The van der Waals surface area contributed by atoms with Gasteiger partial charge in [-0.05, 0) is 63.4 Å². The minimum Gasteiger partial charge on any atom is -0.303 e. The Balaban J connectivity index is 2.34. The first-order valence-corrected chi connectivity index (χ1v) is 9.40. The third-order valence-corrected chi connectivity index (χ3v) is 7.13. The van der Waals surface area contributed by atoms with Crippen molar-refractivity contribution >= 4 is 29.8 Å². The summed E-state index contributed by atoms with van der Waals surface area (Å²) in [4.78, 5) is 10.9. The van der Waals surface area contributed by atoms with Gasteiger partial charge in [-0.25, -0.2) is 0 Å². The zero-order valence-corrected chi connectivity index (χ0v) is 14.2. The number of rotatable bonds is 8. The Kier molecular flexibility index (Phi) is 8.24. The zero-order valence-electron chi connectivity index (χ0n) is 12.6. The fourth-order valence-electron chi connectivity index (χ4n) is 2.38. The summed E-state index contributed by atoms with van der Waals surface area (Å²) in [6.45, 7) is 6.68. The quantitative estimate of drug-likeness (QED) is 0.447. The molecule has 3 heteroatoms. The highest BCUT2D eigenvalue weighted by molar-refractivity contribution is 8.18. The van der Waals surface area contributed by atoms with Crippen molar-refractivity contribution in [3.8, 4) is 0 Å². The molecule has 0 spiro atoms. The van der Waals surface area contributed by atoms with Crippen molar-refractivity contribution in [2.75, 3.05) is 11.5 Å². The van der Waals surface area contributed by atoms with Crippen molar-refractivity contribution in [1.82, 2.24) is 0 Å². The molecule has 1 aliphatic rings. The first-order valence-electron chi connectivity index (χ1n) is 7.43. The van der Waals surface area contributed by atoms with Gasteiger partial charge in [-0.15, -0.1) is 23.5 Å². The summed E-state index contributed by atoms with van der Waals surface area (Å²) in [5.74, 6) is 3.22. The van der Waals surface area contributed by atoms with Gasteiger partial charge in [-0.3, -0.25) is 0 Å². The molecule has 0 aliphatic carbocycles. The predicted molar refractivity (Wildman–Crippen MR) is 90.0 cm³/mol. The fourth-order valence-corrected chi connectivity index (χ4v) is 5.61. The first-order chi connectivity index (χ1) is 9.08. The van der Waals surface area contributed by atoms with Crippen LogP contribution < -0.4 is 0 Å². The Bertz CT molecular complexity index is 289. The molecular formula is C16H28OS2.